The van der Waals surface area contributed by atoms with E-state index in [0.717, 1.165) is 50.2 Å². The molecule has 2 aliphatic heterocycles. The van der Waals surface area contributed by atoms with Crippen molar-refractivity contribution in [3.05, 3.63) is 36.4 Å². The van der Waals surface area contributed by atoms with Gasteiger partial charge in [-0.2, -0.15) is 5.10 Å². The van der Waals surface area contributed by atoms with Crippen LogP contribution in [0.3, 0.4) is 0 Å². The van der Waals surface area contributed by atoms with Crippen molar-refractivity contribution >= 4 is 5.69 Å². The molecule has 0 spiro atoms. The Morgan fingerprint density at radius 3 is 2.71 bits per heavy atom. The predicted molar refractivity (Wildman–Crippen MR) is 92.5 cm³/mol. The Hall–Kier alpha value is -1.88. The topological polar surface area (TPSA) is 30.3 Å². The van der Waals surface area contributed by atoms with E-state index in [-0.39, 0.29) is 12.0 Å². The average molecular weight is 329 g/mol. The summed E-state index contributed by atoms with van der Waals surface area (Å²) in [5, 5.41) is 4.38. The first kappa shape index (κ1) is 15.6. The highest BCUT2D eigenvalue weighted by atomic mass is 19.1. The molecule has 1 atom stereocenters. The maximum absolute atomic E-state index is 14.6. The van der Waals surface area contributed by atoms with Gasteiger partial charge in [0.1, 0.15) is 12.0 Å². The van der Waals surface area contributed by atoms with E-state index >= 15 is 0 Å². The zero-order valence-electron chi connectivity index (χ0n) is 14.0. The second-order valence-electron chi connectivity index (χ2n) is 6.74. The number of rotatable bonds is 3. The van der Waals surface area contributed by atoms with Crippen molar-refractivity contribution in [3.63, 3.8) is 0 Å². The molecule has 5 heteroatoms. The van der Waals surface area contributed by atoms with Gasteiger partial charge in [-0.1, -0.05) is 0 Å². The van der Waals surface area contributed by atoms with Crippen molar-refractivity contribution in [3.8, 4) is 11.1 Å². The number of aromatic nitrogens is 2. The molecule has 2 aliphatic rings. The van der Waals surface area contributed by atoms with Gasteiger partial charge in [0, 0.05) is 42.7 Å². The van der Waals surface area contributed by atoms with Crippen molar-refractivity contribution in [2.24, 2.45) is 0 Å². The standard InChI is InChI=1S/C19H24FN3O/c20-18-12-16(22-9-3-1-4-10-22)7-8-17(18)15-13-21-23(14-15)19-6-2-5-11-24-19/h7-8,12-14,19H,1-6,9-11H2. The molecule has 0 bridgehead atoms. The Morgan fingerprint density at radius 2 is 1.96 bits per heavy atom. The van der Waals surface area contributed by atoms with E-state index in [2.05, 4.69) is 10.00 Å². The van der Waals surface area contributed by atoms with Crippen LogP contribution in [0, 0.1) is 5.82 Å². The van der Waals surface area contributed by atoms with Gasteiger partial charge in [0.2, 0.25) is 0 Å². The summed E-state index contributed by atoms with van der Waals surface area (Å²) < 4.78 is 22.2. The van der Waals surface area contributed by atoms with Gasteiger partial charge >= 0.3 is 0 Å². The minimum Gasteiger partial charge on any atom is -0.371 e. The van der Waals surface area contributed by atoms with Gasteiger partial charge in [-0.05, 0) is 56.7 Å². The number of nitrogens with zero attached hydrogens (tertiary/aromatic N) is 3. The van der Waals surface area contributed by atoms with Crippen LogP contribution < -0.4 is 4.90 Å². The van der Waals surface area contributed by atoms with E-state index in [1.165, 1.54) is 19.3 Å². The molecular weight excluding hydrogens is 305 g/mol. The SMILES string of the molecule is Fc1cc(N2CCCCC2)ccc1-c1cnn(C2CCCCO2)c1. The number of halogens is 1. The first-order valence-corrected chi connectivity index (χ1v) is 9.02. The van der Waals surface area contributed by atoms with Gasteiger partial charge in [-0.3, -0.25) is 0 Å². The molecule has 4 rings (SSSR count). The molecule has 128 valence electrons. The maximum Gasteiger partial charge on any atom is 0.150 e. The lowest BCUT2D eigenvalue weighted by Gasteiger charge is -2.29. The van der Waals surface area contributed by atoms with Gasteiger partial charge in [-0.25, -0.2) is 9.07 Å². The summed E-state index contributed by atoms with van der Waals surface area (Å²) >= 11 is 0. The highest BCUT2D eigenvalue weighted by Crippen LogP contribution is 2.30. The van der Waals surface area contributed by atoms with Crippen molar-refractivity contribution in [1.82, 2.24) is 9.78 Å². The molecular formula is C19H24FN3O. The lowest BCUT2D eigenvalue weighted by Crippen LogP contribution is -2.29. The average Bonchev–Trinajstić information content (AvgIpc) is 3.13. The maximum atomic E-state index is 14.6. The van der Waals surface area contributed by atoms with E-state index in [4.69, 9.17) is 4.74 Å². The summed E-state index contributed by atoms with van der Waals surface area (Å²) in [6, 6.07) is 5.57. The normalized spacial score (nSPS) is 21.9. The third-order valence-electron chi connectivity index (χ3n) is 5.04. The lowest BCUT2D eigenvalue weighted by atomic mass is 10.1. The fraction of sp³-hybridized carbons (Fsp3) is 0.526. The molecule has 0 aliphatic carbocycles. The molecule has 2 aromatic rings. The number of hydrogen-bond acceptors (Lipinski definition) is 3. The van der Waals surface area contributed by atoms with Gasteiger partial charge in [0.05, 0.1) is 6.20 Å². The summed E-state index contributed by atoms with van der Waals surface area (Å²) in [5.41, 5.74) is 2.41. The summed E-state index contributed by atoms with van der Waals surface area (Å²) in [7, 11) is 0. The highest BCUT2D eigenvalue weighted by molar-refractivity contribution is 5.66. The predicted octanol–water partition coefficient (Wildman–Crippen LogP) is 4.38. The first-order chi connectivity index (χ1) is 11.8. The first-order valence-electron chi connectivity index (χ1n) is 9.02. The van der Waals surface area contributed by atoms with E-state index in [0.29, 0.717) is 5.56 Å². The van der Waals surface area contributed by atoms with Crippen molar-refractivity contribution in [2.75, 3.05) is 24.6 Å². The molecule has 24 heavy (non-hydrogen) atoms. The van der Waals surface area contributed by atoms with Crippen LogP contribution in [0.4, 0.5) is 10.1 Å². The van der Waals surface area contributed by atoms with Crippen LogP contribution in [0.1, 0.15) is 44.8 Å². The molecule has 4 nitrogen and oxygen atoms in total. The molecule has 0 saturated carbocycles. The summed E-state index contributed by atoms with van der Waals surface area (Å²) in [6.45, 7) is 2.82. The van der Waals surface area contributed by atoms with Crippen LogP contribution in [0.5, 0.6) is 0 Å². The fourth-order valence-electron chi connectivity index (χ4n) is 3.65. The monoisotopic (exact) mass is 329 g/mol. The Bertz CT molecular complexity index is 688. The molecule has 2 saturated heterocycles. The third kappa shape index (κ3) is 3.18. The van der Waals surface area contributed by atoms with Crippen molar-refractivity contribution in [2.45, 2.75) is 44.8 Å². The van der Waals surface area contributed by atoms with E-state index in [9.17, 15) is 4.39 Å². The molecule has 1 aromatic carbocycles. The summed E-state index contributed by atoms with van der Waals surface area (Å²) in [4.78, 5) is 2.27. The minimum atomic E-state index is -0.179. The fourth-order valence-corrected chi connectivity index (χ4v) is 3.65. The quantitative estimate of drug-likeness (QED) is 0.837. The largest absolute Gasteiger partial charge is 0.371 e. The summed E-state index contributed by atoms with van der Waals surface area (Å²) in [6.07, 6.45) is 10.5. The van der Waals surface area contributed by atoms with E-state index in [1.54, 1.807) is 12.3 Å². The number of hydrogen-bond donors (Lipinski definition) is 0. The van der Waals surface area contributed by atoms with E-state index < -0.39 is 0 Å². The van der Waals surface area contributed by atoms with Crippen molar-refractivity contribution in [1.29, 1.82) is 0 Å². The minimum absolute atomic E-state index is 0.0109. The van der Waals surface area contributed by atoms with Gasteiger partial charge < -0.3 is 9.64 Å². The second kappa shape index (κ2) is 6.93. The van der Waals surface area contributed by atoms with Gasteiger partial charge in [-0.15, -0.1) is 0 Å². The van der Waals surface area contributed by atoms with Gasteiger partial charge in [0.15, 0.2) is 0 Å². The number of ether oxygens (including phenoxy) is 1. The van der Waals surface area contributed by atoms with E-state index in [1.807, 2.05) is 23.0 Å². The molecule has 0 radical (unpaired) electrons. The molecule has 3 heterocycles. The number of anilines is 1. The van der Waals surface area contributed by atoms with Crippen LogP contribution in [-0.2, 0) is 4.74 Å². The van der Waals surface area contributed by atoms with Crippen LogP contribution in [0.2, 0.25) is 0 Å². The Kier molecular flexibility index (Phi) is 4.52. The third-order valence-corrected chi connectivity index (χ3v) is 5.04. The molecule has 1 unspecified atom stereocenters. The van der Waals surface area contributed by atoms with Gasteiger partial charge in [0.25, 0.3) is 0 Å². The Morgan fingerprint density at radius 1 is 1.08 bits per heavy atom. The van der Waals surface area contributed by atoms with Crippen LogP contribution >= 0.6 is 0 Å². The number of benzene rings is 1. The zero-order valence-corrected chi connectivity index (χ0v) is 14.0. The Labute approximate surface area is 142 Å². The van der Waals surface area contributed by atoms with Crippen LogP contribution in [0.25, 0.3) is 11.1 Å². The van der Waals surface area contributed by atoms with Crippen LogP contribution in [-0.4, -0.2) is 29.5 Å². The second-order valence-corrected chi connectivity index (χ2v) is 6.74. The zero-order chi connectivity index (χ0) is 16.4. The molecule has 2 fully saturated rings. The van der Waals surface area contributed by atoms with Crippen LogP contribution in [0.15, 0.2) is 30.6 Å². The lowest BCUT2D eigenvalue weighted by molar-refractivity contribution is -0.0394. The molecule has 0 N–H and O–H groups in total. The van der Waals surface area contributed by atoms with Crippen molar-refractivity contribution < 1.29 is 9.13 Å². The highest BCUT2D eigenvalue weighted by Gasteiger charge is 2.18. The Balaban J connectivity index is 1.54. The molecule has 0 amide bonds. The smallest absolute Gasteiger partial charge is 0.150 e. The summed E-state index contributed by atoms with van der Waals surface area (Å²) in [5.74, 6) is -0.179. The molecule has 1 aromatic heterocycles. The number of piperidine rings is 1.